The van der Waals surface area contributed by atoms with E-state index in [1.807, 2.05) is 12.3 Å². The van der Waals surface area contributed by atoms with Gasteiger partial charge >= 0.3 is 12.0 Å². The fraction of sp³-hybridized carbons (Fsp3) is 0.500. The van der Waals surface area contributed by atoms with E-state index in [2.05, 4.69) is 10.3 Å². The van der Waals surface area contributed by atoms with Crippen molar-refractivity contribution in [1.29, 1.82) is 0 Å². The zero-order valence-corrected chi connectivity index (χ0v) is 10.5. The van der Waals surface area contributed by atoms with Gasteiger partial charge in [-0.25, -0.2) is 9.78 Å². The number of carbonyl (C=O) groups excluding carboxylic acids is 1. The molecule has 1 atom stereocenters. The predicted octanol–water partition coefficient (Wildman–Crippen LogP) is 1.32. The van der Waals surface area contributed by atoms with Crippen molar-refractivity contribution >= 4 is 23.3 Å². The normalized spacial score (nSPS) is 11.9. The minimum Gasteiger partial charge on any atom is -0.480 e. The highest BCUT2D eigenvalue weighted by molar-refractivity contribution is 7.09. The number of aromatic nitrogens is 1. The van der Waals surface area contributed by atoms with Gasteiger partial charge in [-0.05, 0) is 13.8 Å². The number of aliphatic carboxylic acids is 1. The Morgan fingerprint density at radius 1 is 1.65 bits per heavy atom. The molecule has 1 rings (SSSR count). The number of nitrogens with zero attached hydrogens (tertiary/aromatic N) is 2. The van der Waals surface area contributed by atoms with Crippen molar-refractivity contribution in [3.05, 3.63) is 16.6 Å². The van der Waals surface area contributed by atoms with Gasteiger partial charge in [0.1, 0.15) is 11.6 Å². The van der Waals surface area contributed by atoms with Gasteiger partial charge in [-0.1, -0.05) is 0 Å². The number of amides is 2. The molecule has 0 aliphatic heterocycles. The molecule has 17 heavy (non-hydrogen) atoms. The smallest absolute Gasteiger partial charge is 0.323 e. The lowest BCUT2D eigenvalue weighted by atomic mass is 10.3. The number of carboxylic acids is 1. The third-order valence-corrected chi connectivity index (χ3v) is 3.12. The molecule has 1 aromatic heterocycles. The summed E-state index contributed by atoms with van der Waals surface area (Å²) in [7, 11) is 0. The van der Waals surface area contributed by atoms with E-state index in [0.717, 1.165) is 5.01 Å². The van der Waals surface area contributed by atoms with Gasteiger partial charge < -0.3 is 15.3 Å². The average Bonchev–Trinajstić information content (AvgIpc) is 2.78. The van der Waals surface area contributed by atoms with Crippen LogP contribution < -0.4 is 5.32 Å². The van der Waals surface area contributed by atoms with Crippen molar-refractivity contribution in [2.75, 3.05) is 13.1 Å². The van der Waals surface area contributed by atoms with Crippen LogP contribution >= 0.6 is 11.3 Å². The van der Waals surface area contributed by atoms with Crippen LogP contribution in [0.4, 0.5) is 4.79 Å². The van der Waals surface area contributed by atoms with Crippen molar-refractivity contribution in [3.8, 4) is 0 Å². The van der Waals surface area contributed by atoms with Crippen LogP contribution in [0.2, 0.25) is 0 Å². The molecule has 2 N–H and O–H groups in total. The molecule has 1 aromatic rings. The van der Waals surface area contributed by atoms with E-state index in [0.29, 0.717) is 6.54 Å². The minimum atomic E-state index is -1.02. The third-order valence-electron chi connectivity index (χ3n) is 2.16. The molecule has 0 fully saturated rings. The molecule has 0 spiro atoms. The molecule has 0 radical (unpaired) electrons. The van der Waals surface area contributed by atoms with Crippen molar-refractivity contribution in [2.24, 2.45) is 0 Å². The van der Waals surface area contributed by atoms with Gasteiger partial charge in [-0.15, -0.1) is 11.3 Å². The first-order valence-corrected chi connectivity index (χ1v) is 6.09. The summed E-state index contributed by atoms with van der Waals surface area (Å²) in [6.07, 6.45) is 1.66. The fourth-order valence-electron chi connectivity index (χ4n) is 1.28. The highest BCUT2D eigenvalue weighted by atomic mass is 32.1. The fourth-order valence-corrected chi connectivity index (χ4v) is 1.92. The Kier molecular flexibility index (Phi) is 4.89. The number of hydrogen-bond acceptors (Lipinski definition) is 4. The van der Waals surface area contributed by atoms with E-state index >= 15 is 0 Å². The second kappa shape index (κ2) is 6.19. The largest absolute Gasteiger partial charge is 0.480 e. The molecule has 0 aliphatic carbocycles. The molecule has 1 unspecified atom stereocenters. The van der Waals surface area contributed by atoms with Crippen LogP contribution in [0, 0.1) is 0 Å². The van der Waals surface area contributed by atoms with Gasteiger partial charge in [0, 0.05) is 18.1 Å². The van der Waals surface area contributed by atoms with Gasteiger partial charge in [0.25, 0.3) is 0 Å². The summed E-state index contributed by atoms with van der Waals surface area (Å²) in [6, 6.07) is -0.608. The highest BCUT2D eigenvalue weighted by Crippen LogP contribution is 2.14. The maximum atomic E-state index is 11.7. The van der Waals surface area contributed by atoms with Crippen LogP contribution in [0.3, 0.4) is 0 Å². The van der Waals surface area contributed by atoms with Gasteiger partial charge in [0.15, 0.2) is 0 Å². The SMILES string of the molecule is CCN(CC(=O)O)C(=O)NC(C)c1nccs1. The van der Waals surface area contributed by atoms with Crippen molar-refractivity contribution < 1.29 is 14.7 Å². The van der Waals surface area contributed by atoms with Gasteiger partial charge in [-0.3, -0.25) is 4.79 Å². The Morgan fingerprint density at radius 3 is 2.82 bits per heavy atom. The number of thiazole rings is 1. The predicted molar refractivity (Wildman–Crippen MR) is 63.9 cm³/mol. The Hall–Kier alpha value is -1.63. The maximum Gasteiger partial charge on any atom is 0.323 e. The number of carboxylic acid groups (broad SMARTS) is 1. The Labute approximate surface area is 103 Å². The molecule has 6 nitrogen and oxygen atoms in total. The van der Waals surface area contributed by atoms with E-state index in [9.17, 15) is 9.59 Å². The summed E-state index contributed by atoms with van der Waals surface area (Å²) in [6.45, 7) is 3.59. The summed E-state index contributed by atoms with van der Waals surface area (Å²) in [5, 5.41) is 14.0. The zero-order valence-electron chi connectivity index (χ0n) is 9.71. The van der Waals surface area contributed by atoms with Crippen LogP contribution in [0.25, 0.3) is 0 Å². The topological polar surface area (TPSA) is 82.5 Å². The number of likely N-dealkylation sites (N-methyl/N-ethyl adjacent to an activating group) is 1. The number of hydrogen-bond donors (Lipinski definition) is 2. The van der Waals surface area contributed by atoms with Crippen molar-refractivity contribution in [1.82, 2.24) is 15.2 Å². The summed E-state index contributed by atoms with van der Waals surface area (Å²) in [4.78, 5) is 27.6. The van der Waals surface area contributed by atoms with Gasteiger partial charge in [0.2, 0.25) is 0 Å². The first kappa shape index (κ1) is 13.4. The van der Waals surface area contributed by atoms with Crippen molar-refractivity contribution in [3.63, 3.8) is 0 Å². The number of carbonyl (C=O) groups is 2. The summed E-state index contributed by atoms with van der Waals surface area (Å²) >= 11 is 1.45. The average molecular weight is 257 g/mol. The second-order valence-corrected chi connectivity index (χ2v) is 4.38. The van der Waals surface area contributed by atoms with Crippen LogP contribution in [0.5, 0.6) is 0 Å². The molecule has 0 saturated heterocycles. The first-order chi connectivity index (χ1) is 8.04. The van der Waals surface area contributed by atoms with Crippen molar-refractivity contribution in [2.45, 2.75) is 19.9 Å². The molecular weight excluding hydrogens is 242 g/mol. The molecule has 1 heterocycles. The lowest BCUT2D eigenvalue weighted by Crippen LogP contribution is -2.43. The van der Waals surface area contributed by atoms with E-state index in [4.69, 9.17) is 5.11 Å². The van der Waals surface area contributed by atoms with Crippen LogP contribution in [-0.2, 0) is 4.79 Å². The Bertz CT molecular complexity index is 380. The summed E-state index contributed by atoms with van der Waals surface area (Å²) in [5.41, 5.74) is 0. The highest BCUT2D eigenvalue weighted by Gasteiger charge is 2.18. The number of urea groups is 1. The maximum absolute atomic E-state index is 11.7. The molecule has 7 heteroatoms. The molecular formula is C10H15N3O3S. The lowest BCUT2D eigenvalue weighted by molar-refractivity contribution is -0.137. The van der Waals surface area contributed by atoms with Gasteiger partial charge in [0.05, 0.1) is 6.04 Å². The second-order valence-electron chi connectivity index (χ2n) is 3.45. The first-order valence-electron chi connectivity index (χ1n) is 5.21. The number of nitrogens with one attached hydrogen (secondary N) is 1. The van der Waals surface area contributed by atoms with Crippen LogP contribution in [0.15, 0.2) is 11.6 Å². The molecule has 0 aromatic carbocycles. The monoisotopic (exact) mass is 257 g/mol. The Balaban J connectivity index is 2.55. The van der Waals surface area contributed by atoms with Crippen LogP contribution in [0.1, 0.15) is 24.9 Å². The standard InChI is InChI=1S/C10H15N3O3S/c1-3-13(6-8(14)15)10(16)12-7(2)9-11-4-5-17-9/h4-5,7H,3,6H2,1-2H3,(H,12,16)(H,14,15). The summed E-state index contributed by atoms with van der Waals surface area (Å²) in [5.74, 6) is -1.02. The third kappa shape index (κ3) is 4.03. The summed E-state index contributed by atoms with van der Waals surface area (Å²) < 4.78 is 0. The van der Waals surface area contributed by atoms with Gasteiger partial charge in [-0.2, -0.15) is 0 Å². The molecule has 0 saturated carbocycles. The lowest BCUT2D eigenvalue weighted by Gasteiger charge is -2.21. The van der Waals surface area contributed by atoms with E-state index < -0.39 is 12.0 Å². The van der Waals surface area contributed by atoms with E-state index in [1.165, 1.54) is 16.2 Å². The Morgan fingerprint density at radius 2 is 2.35 bits per heavy atom. The minimum absolute atomic E-state index is 0.217. The molecule has 94 valence electrons. The molecule has 2 amide bonds. The molecule has 0 aliphatic rings. The molecule has 0 bridgehead atoms. The van der Waals surface area contributed by atoms with E-state index in [-0.39, 0.29) is 12.6 Å². The quantitative estimate of drug-likeness (QED) is 0.833. The number of rotatable bonds is 5. The van der Waals surface area contributed by atoms with Crippen LogP contribution in [-0.4, -0.2) is 40.1 Å². The van der Waals surface area contributed by atoms with E-state index in [1.54, 1.807) is 13.1 Å². The zero-order chi connectivity index (χ0) is 12.8.